The quantitative estimate of drug-likeness (QED) is 0.757. The number of rotatable bonds is 4. The number of allylic oxidation sites excluding steroid dienone is 1. The number of ether oxygens (including phenoxy) is 2. The van der Waals surface area contributed by atoms with Gasteiger partial charge in [0.05, 0.1) is 25.8 Å². The molecule has 1 fully saturated rings. The molecule has 1 saturated heterocycles. The number of hydrogen-bond donors (Lipinski definition) is 1. The molecule has 2 aromatic rings. The Kier molecular flexibility index (Phi) is 4.93. The maximum atomic E-state index is 12.8. The Balaban J connectivity index is 1.71. The lowest BCUT2D eigenvalue weighted by Gasteiger charge is -2.19. The molecule has 0 aromatic heterocycles. The second kappa shape index (κ2) is 7.37. The Bertz CT molecular complexity index is 932. The largest absolute Gasteiger partial charge is 0.872 e. The SMILES string of the molecule is COc1ccc(Br)cc1/C=C1\Oc2c(ccc([O-])c2C[NH+]2CCCC2)C1=O. The highest BCUT2D eigenvalue weighted by atomic mass is 79.9. The van der Waals surface area contributed by atoms with Crippen LogP contribution in [0.25, 0.3) is 6.08 Å². The number of methoxy groups -OCH3 is 1. The maximum Gasteiger partial charge on any atom is 0.231 e. The third kappa shape index (κ3) is 3.47. The summed E-state index contributed by atoms with van der Waals surface area (Å²) < 4.78 is 12.2. The lowest BCUT2D eigenvalue weighted by Crippen LogP contribution is -3.08. The molecule has 0 aliphatic carbocycles. The molecule has 6 heteroatoms. The Hall–Kier alpha value is -2.31. The van der Waals surface area contributed by atoms with Gasteiger partial charge < -0.3 is 19.5 Å². The van der Waals surface area contributed by atoms with Crippen LogP contribution in [0.4, 0.5) is 0 Å². The second-order valence-electron chi connectivity index (χ2n) is 6.88. The van der Waals surface area contributed by atoms with Crippen LogP contribution in [0.1, 0.15) is 34.3 Å². The zero-order chi connectivity index (χ0) is 19.0. The molecule has 0 bridgehead atoms. The van der Waals surface area contributed by atoms with Gasteiger partial charge in [0, 0.05) is 28.4 Å². The lowest BCUT2D eigenvalue weighted by atomic mass is 10.0. The number of fused-ring (bicyclic) bond motifs is 1. The van der Waals surface area contributed by atoms with E-state index in [1.165, 1.54) is 23.8 Å². The van der Waals surface area contributed by atoms with Gasteiger partial charge in [0.15, 0.2) is 5.76 Å². The highest BCUT2D eigenvalue weighted by molar-refractivity contribution is 9.10. The lowest BCUT2D eigenvalue weighted by molar-refractivity contribution is -0.901. The molecule has 0 atom stereocenters. The van der Waals surface area contributed by atoms with Gasteiger partial charge in [-0.05, 0) is 30.3 Å². The van der Waals surface area contributed by atoms with E-state index in [1.807, 2.05) is 18.2 Å². The number of likely N-dealkylation sites (tertiary alicyclic amines) is 1. The van der Waals surface area contributed by atoms with E-state index < -0.39 is 0 Å². The van der Waals surface area contributed by atoms with Gasteiger partial charge in [-0.15, -0.1) is 0 Å². The van der Waals surface area contributed by atoms with Gasteiger partial charge in [0.25, 0.3) is 0 Å². The van der Waals surface area contributed by atoms with Crippen molar-refractivity contribution in [2.24, 2.45) is 0 Å². The molecule has 1 N–H and O–H groups in total. The number of benzene rings is 2. The van der Waals surface area contributed by atoms with Crippen molar-refractivity contribution in [2.45, 2.75) is 19.4 Å². The fourth-order valence-corrected chi connectivity index (χ4v) is 4.10. The van der Waals surface area contributed by atoms with Crippen molar-refractivity contribution in [3.8, 4) is 17.2 Å². The van der Waals surface area contributed by atoms with E-state index >= 15 is 0 Å². The molecule has 4 rings (SSSR count). The van der Waals surface area contributed by atoms with Crippen LogP contribution in [0, 0.1) is 0 Å². The van der Waals surface area contributed by atoms with E-state index in [2.05, 4.69) is 15.9 Å². The van der Waals surface area contributed by atoms with Crippen LogP contribution >= 0.6 is 15.9 Å². The standard InChI is InChI=1S/C21H20BrNO4/c1-26-18-7-4-14(22)10-13(18)11-19-20(25)15-5-6-17(24)16(21(15)27-19)12-23-8-2-3-9-23/h4-7,10-11,24H,2-3,8-9,12H2,1H3/b19-11-. The molecule has 0 amide bonds. The molecular weight excluding hydrogens is 410 g/mol. The molecule has 140 valence electrons. The highest BCUT2D eigenvalue weighted by Gasteiger charge is 2.31. The van der Waals surface area contributed by atoms with Crippen molar-refractivity contribution in [1.82, 2.24) is 0 Å². The summed E-state index contributed by atoms with van der Waals surface area (Å²) >= 11 is 3.43. The van der Waals surface area contributed by atoms with Crippen LogP contribution in [0.2, 0.25) is 0 Å². The normalized spacial score (nSPS) is 18.0. The number of quaternary nitrogens is 1. The first-order valence-electron chi connectivity index (χ1n) is 9.01. The Morgan fingerprint density at radius 3 is 2.78 bits per heavy atom. The molecule has 2 aromatic carbocycles. The minimum atomic E-state index is -0.204. The summed E-state index contributed by atoms with van der Waals surface area (Å²) in [5, 5.41) is 12.4. The zero-order valence-electron chi connectivity index (χ0n) is 15.0. The number of hydrogen-bond acceptors (Lipinski definition) is 4. The van der Waals surface area contributed by atoms with Crippen LogP contribution in [0.5, 0.6) is 17.2 Å². The van der Waals surface area contributed by atoms with Crippen LogP contribution in [0.3, 0.4) is 0 Å². The van der Waals surface area contributed by atoms with Crippen molar-refractivity contribution in [3.05, 3.63) is 57.3 Å². The van der Waals surface area contributed by atoms with Gasteiger partial charge in [-0.1, -0.05) is 27.7 Å². The van der Waals surface area contributed by atoms with Gasteiger partial charge in [-0.2, -0.15) is 0 Å². The summed E-state index contributed by atoms with van der Waals surface area (Å²) in [5.74, 6) is 1.01. The molecule has 0 spiro atoms. The summed E-state index contributed by atoms with van der Waals surface area (Å²) in [5.41, 5.74) is 1.79. The number of carbonyl (C=O) groups is 1. The van der Waals surface area contributed by atoms with E-state index in [0.717, 1.165) is 23.1 Å². The summed E-state index contributed by atoms with van der Waals surface area (Å²) in [7, 11) is 1.58. The van der Waals surface area contributed by atoms with Crippen LogP contribution < -0.4 is 19.5 Å². The second-order valence-corrected chi connectivity index (χ2v) is 7.79. The molecule has 0 unspecified atom stereocenters. The Labute approximate surface area is 166 Å². The average molecular weight is 430 g/mol. The zero-order valence-corrected chi connectivity index (χ0v) is 16.6. The van der Waals surface area contributed by atoms with Gasteiger partial charge in [-0.25, -0.2) is 0 Å². The van der Waals surface area contributed by atoms with Crippen LogP contribution in [0.15, 0.2) is 40.6 Å². The third-order valence-electron chi connectivity index (χ3n) is 5.11. The van der Waals surface area contributed by atoms with Crippen molar-refractivity contribution < 1.29 is 24.3 Å². The Morgan fingerprint density at radius 1 is 1.26 bits per heavy atom. The molecule has 5 nitrogen and oxygen atoms in total. The summed E-state index contributed by atoms with van der Waals surface area (Å²) in [4.78, 5) is 14.2. The van der Waals surface area contributed by atoms with Crippen molar-refractivity contribution in [2.75, 3.05) is 20.2 Å². The number of carbonyl (C=O) groups excluding carboxylic acids is 1. The maximum absolute atomic E-state index is 12.8. The van der Waals surface area contributed by atoms with Gasteiger partial charge in [0.1, 0.15) is 18.0 Å². The predicted octanol–water partition coefficient (Wildman–Crippen LogP) is 2.33. The van der Waals surface area contributed by atoms with E-state index in [1.54, 1.807) is 19.3 Å². The first-order chi connectivity index (χ1) is 13.1. The van der Waals surface area contributed by atoms with Crippen molar-refractivity contribution >= 4 is 27.8 Å². The monoisotopic (exact) mass is 429 g/mol. The fraction of sp³-hybridized carbons (Fsp3) is 0.286. The highest BCUT2D eigenvalue weighted by Crippen LogP contribution is 2.39. The van der Waals surface area contributed by atoms with Crippen molar-refractivity contribution in [3.63, 3.8) is 0 Å². The molecule has 2 heterocycles. The van der Waals surface area contributed by atoms with Gasteiger partial charge in [-0.3, -0.25) is 4.79 Å². The van der Waals surface area contributed by atoms with E-state index in [0.29, 0.717) is 29.2 Å². The van der Waals surface area contributed by atoms with Crippen molar-refractivity contribution in [1.29, 1.82) is 0 Å². The van der Waals surface area contributed by atoms with Crippen LogP contribution in [-0.2, 0) is 6.54 Å². The molecule has 0 saturated carbocycles. The molecule has 2 aliphatic heterocycles. The minimum Gasteiger partial charge on any atom is -0.872 e. The molecule has 27 heavy (non-hydrogen) atoms. The first-order valence-corrected chi connectivity index (χ1v) is 9.80. The third-order valence-corrected chi connectivity index (χ3v) is 5.61. The number of ketones is 1. The van der Waals surface area contributed by atoms with E-state index in [9.17, 15) is 9.90 Å². The summed E-state index contributed by atoms with van der Waals surface area (Å²) in [6, 6.07) is 8.60. The van der Waals surface area contributed by atoms with E-state index in [-0.39, 0.29) is 17.3 Å². The van der Waals surface area contributed by atoms with E-state index in [4.69, 9.17) is 9.47 Å². The van der Waals surface area contributed by atoms with Crippen LogP contribution in [-0.4, -0.2) is 26.0 Å². The molecule has 2 aliphatic rings. The smallest absolute Gasteiger partial charge is 0.231 e. The number of nitrogens with one attached hydrogen (secondary N) is 1. The van der Waals surface area contributed by atoms with Gasteiger partial charge >= 0.3 is 0 Å². The first kappa shape index (κ1) is 18.1. The number of Topliss-reactive ketones (excluding diaryl/α,β-unsaturated/α-hetero) is 1. The Morgan fingerprint density at radius 2 is 2.04 bits per heavy atom. The summed E-state index contributed by atoms with van der Waals surface area (Å²) in [6.45, 7) is 2.70. The topological polar surface area (TPSA) is 63.0 Å². The average Bonchev–Trinajstić information content (AvgIpc) is 3.27. The minimum absolute atomic E-state index is 0.0674. The molecular formula is C21H20BrNO4. The predicted molar refractivity (Wildman–Crippen MR) is 103 cm³/mol. The van der Waals surface area contributed by atoms with Gasteiger partial charge in [0.2, 0.25) is 5.78 Å². The molecule has 0 radical (unpaired) electrons. The summed E-state index contributed by atoms with van der Waals surface area (Å²) in [6.07, 6.45) is 4.02. The number of halogens is 1. The fourth-order valence-electron chi connectivity index (χ4n) is 3.72.